The minimum Gasteiger partial charge on any atom is -0.269 e. The molecule has 1 aromatic rings. The summed E-state index contributed by atoms with van der Waals surface area (Å²) in [7, 11) is 0. The van der Waals surface area contributed by atoms with Gasteiger partial charge in [-0.15, -0.1) is 11.6 Å². The van der Waals surface area contributed by atoms with Gasteiger partial charge in [0.1, 0.15) is 0 Å². The first-order valence-electron chi connectivity index (χ1n) is 5.49. The topological polar surface area (TPSA) is 17.8 Å². The van der Waals surface area contributed by atoms with Crippen LogP contribution in [0.4, 0.5) is 0 Å². The minimum absolute atomic E-state index is 0.553. The monoisotopic (exact) mass is 246 g/mol. The highest BCUT2D eigenvalue weighted by molar-refractivity contribution is 7.98. The molecule has 0 saturated carbocycles. The van der Waals surface area contributed by atoms with Crippen molar-refractivity contribution in [2.24, 2.45) is 0 Å². The molecule has 0 radical (unpaired) electrons. The van der Waals surface area contributed by atoms with Gasteiger partial charge in [0.15, 0.2) is 0 Å². The smallest absolute Gasteiger partial charge is 0.0723 e. The van der Waals surface area contributed by atoms with Crippen LogP contribution < -0.4 is 0 Å². The summed E-state index contributed by atoms with van der Waals surface area (Å²) in [6.45, 7) is 4.41. The van der Waals surface area contributed by atoms with Crippen molar-refractivity contribution in [1.82, 2.24) is 9.78 Å². The summed E-state index contributed by atoms with van der Waals surface area (Å²) in [5.41, 5.74) is 1.16. The van der Waals surface area contributed by atoms with Crippen LogP contribution in [0.3, 0.4) is 0 Å². The molecule has 0 aromatic carbocycles. The van der Waals surface area contributed by atoms with Crippen molar-refractivity contribution in [2.75, 3.05) is 11.6 Å². The first-order chi connectivity index (χ1) is 7.31. The van der Waals surface area contributed by atoms with Crippen LogP contribution in [0, 0.1) is 0 Å². The Morgan fingerprint density at radius 2 is 2.20 bits per heavy atom. The van der Waals surface area contributed by atoms with Crippen LogP contribution in [-0.2, 0) is 5.75 Å². The summed E-state index contributed by atoms with van der Waals surface area (Å²) in [6, 6.07) is 2.66. The number of rotatable bonds is 7. The lowest BCUT2D eigenvalue weighted by atomic mass is 10.2. The molecule has 0 amide bonds. The molecule has 1 rings (SSSR count). The highest BCUT2D eigenvalue weighted by Gasteiger charge is 2.07. The van der Waals surface area contributed by atoms with E-state index in [0.29, 0.717) is 6.04 Å². The number of hydrogen-bond donors (Lipinski definition) is 0. The van der Waals surface area contributed by atoms with Gasteiger partial charge in [-0.25, -0.2) is 0 Å². The normalized spacial score (nSPS) is 11.2. The Bertz CT molecular complexity index is 271. The SMILES string of the molecule is CCC(CC)n1ccc(CSCCCl)n1. The number of alkyl halides is 1. The molecule has 0 aliphatic rings. The van der Waals surface area contributed by atoms with Gasteiger partial charge in [0, 0.05) is 23.6 Å². The van der Waals surface area contributed by atoms with E-state index in [4.69, 9.17) is 11.6 Å². The fourth-order valence-corrected chi connectivity index (χ4v) is 2.50. The van der Waals surface area contributed by atoms with Gasteiger partial charge in [0.05, 0.1) is 11.7 Å². The van der Waals surface area contributed by atoms with Crippen LogP contribution >= 0.6 is 23.4 Å². The Labute approximate surface area is 101 Å². The average molecular weight is 247 g/mol. The molecular weight excluding hydrogens is 228 g/mol. The summed E-state index contributed by atoms with van der Waals surface area (Å²) < 4.78 is 2.09. The van der Waals surface area contributed by atoms with Crippen LogP contribution in [0.15, 0.2) is 12.3 Å². The largest absolute Gasteiger partial charge is 0.269 e. The number of hydrogen-bond acceptors (Lipinski definition) is 2. The molecule has 0 saturated heterocycles. The van der Waals surface area contributed by atoms with E-state index in [-0.39, 0.29) is 0 Å². The number of aromatic nitrogens is 2. The summed E-state index contributed by atoms with van der Waals surface area (Å²) in [4.78, 5) is 0. The van der Waals surface area contributed by atoms with E-state index in [9.17, 15) is 0 Å². The molecule has 0 spiro atoms. The maximum Gasteiger partial charge on any atom is 0.0723 e. The fraction of sp³-hybridized carbons (Fsp3) is 0.727. The third-order valence-electron chi connectivity index (χ3n) is 2.45. The molecule has 0 unspecified atom stereocenters. The predicted octanol–water partition coefficient (Wildman–Crippen LogP) is 3.72. The molecule has 1 heterocycles. The van der Waals surface area contributed by atoms with Crippen molar-refractivity contribution in [3.63, 3.8) is 0 Å². The Balaban J connectivity index is 2.47. The van der Waals surface area contributed by atoms with E-state index in [0.717, 1.165) is 35.9 Å². The molecule has 2 nitrogen and oxygen atoms in total. The first kappa shape index (κ1) is 12.9. The number of nitrogens with zero attached hydrogens (tertiary/aromatic N) is 2. The molecule has 86 valence electrons. The predicted molar refractivity (Wildman–Crippen MR) is 68.7 cm³/mol. The summed E-state index contributed by atoms with van der Waals surface area (Å²) in [5, 5.41) is 4.58. The minimum atomic E-state index is 0.553. The van der Waals surface area contributed by atoms with Gasteiger partial charge in [0.2, 0.25) is 0 Å². The van der Waals surface area contributed by atoms with Gasteiger partial charge < -0.3 is 0 Å². The highest BCUT2D eigenvalue weighted by Crippen LogP contribution is 2.16. The van der Waals surface area contributed by atoms with Crippen molar-refractivity contribution in [2.45, 2.75) is 38.5 Å². The third-order valence-corrected chi connectivity index (χ3v) is 3.86. The van der Waals surface area contributed by atoms with Crippen molar-refractivity contribution in [1.29, 1.82) is 0 Å². The zero-order valence-electron chi connectivity index (χ0n) is 9.45. The Kier molecular flexibility index (Phi) is 6.18. The van der Waals surface area contributed by atoms with E-state index in [1.807, 2.05) is 11.8 Å². The molecule has 0 atom stereocenters. The van der Waals surface area contributed by atoms with E-state index >= 15 is 0 Å². The van der Waals surface area contributed by atoms with Crippen molar-refractivity contribution in [3.05, 3.63) is 18.0 Å². The second-order valence-corrected chi connectivity index (χ2v) is 4.98. The maximum atomic E-state index is 5.62. The van der Waals surface area contributed by atoms with E-state index in [2.05, 4.69) is 35.9 Å². The molecule has 0 aliphatic heterocycles. The fourth-order valence-electron chi connectivity index (χ4n) is 1.55. The molecular formula is C11H19ClN2S. The number of halogens is 1. The zero-order chi connectivity index (χ0) is 11.1. The van der Waals surface area contributed by atoms with Crippen molar-refractivity contribution in [3.8, 4) is 0 Å². The van der Waals surface area contributed by atoms with Gasteiger partial charge in [-0.1, -0.05) is 13.8 Å². The molecule has 0 bridgehead atoms. The second kappa shape index (κ2) is 7.18. The van der Waals surface area contributed by atoms with Gasteiger partial charge in [0.25, 0.3) is 0 Å². The van der Waals surface area contributed by atoms with Crippen LogP contribution in [-0.4, -0.2) is 21.4 Å². The average Bonchev–Trinajstić information content (AvgIpc) is 2.69. The molecule has 0 N–H and O–H groups in total. The maximum absolute atomic E-state index is 5.62. The molecule has 0 fully saturated rings. The lowest BCUT2D eigenvalue weighted by Gasteiger charge is -2.12. The molecule has 4 heteroatoms. The lowest BCUT2D eigenvalue weighted by molar-refractivity contribution is 0.426. The van der Waals surface area contributed by atoms with E-state index in [1.54, 1.807) is 0 Å². The van der Waals surface area contributed by atoms with Gasteiger partial charge in [-0.2, -0.15) is 16.9 Å². The molecule has 1 aromatic heterocycles. The first-order valence-corrected chi connectivity index (χ1v) is 7.18. The van der Waals surface area contributed by atoms with Gasteiger partial charge in [-0.3, -0.25) is 4.68 Å². The van der Waals surface area contributed by atoms with Gasteiger partial charge >= 0.3 is 0 Å². The zero-order valence-corrected chi connectivity index (χ0v) is 11.0. The summed E-state index contributed by atoms with van der Waals surface area (Å²) in [6.07, 6.45) is 4.38. The Morgan fingerprint density at radius 3 is 2.80 bits per heavy atom. The van der Waals surface area contributed by atoms with Gasteiger partial charge in [-0.05, 0) is 18.9 Å². The highest BCUT2D eigenvalue weighted by atomic mass is 35.5. The molecule has 15 heavy (non-hydrogen) atoms. The van der Waals surface area contributed by atoms with E-state index < -0.39 is 0 Å². The standard InChI is InChI=1S/C11H19ClN2S/c1-3-11(4-2)14-7-5-10(13-14)9-15-8-6-12/h5,7,11H,3-4,6,8-9H2,1-2H3. The summed E-state index contributed by atoms with van der Waals surface area (Å²) >= 11 is 7.46. The quantitative estimate of drug-likeness (QED) is 0.539. The Hall–Kier alpha value is -0.150. The van der Waals surface area contributed by atoms with Crippen molar-refractivity contribution >= 4 is 23.4 Å². The second-order valence-electron chi connectivity index (χ2n) is 3.50. The van der Waals surface area contributed by atoms with Crippen LogP contribution in [0.5, 0.6) is 0 Å². The third kappa shape index (κ3) is 4.07. The number of thioether (sulfide) groups is 1. The Morgan fingerprint density at radius 1 is 1.47 bits per heavy atom. The van der Waals surface area contributed by atoms with Crippen LogP contribution in [0.1, 0.15) is 38.4 Å². The lowest BCUT2D eigenvalue weighted by Crippen LogP contribution is -2.07. The summed E-state index contributed by atoms with van der Waals surface area (Å²) in [5.74, 6) is 2.69. The van der Waals surface area contributed by atoms with Crippen molar-refractivity contribution < 1.29 is 0 Å². The van der Waals surface area contributed by atoms with Crippen LogP contribution in [0.25, 0.3) is 0 Å². The van der Waals surface area contributed by atoms with E-state index in [1.165, 1.54) is 0 Å². The molecule has 0 aliphatic carbocycles. The van der Waals surface area contributed by atoms with Crippen LogP contribution in [0.2, 0.25) is 0 Å².